The van der Waals surface area contributed by atoms with Crippen molar-refractivity contribution < 1.29 is 18.7 Å². The van der Waals surface area contributed by atoms with E-state index in [4.69, 9.17) is 20.8 Å². The van der Waals surface area contributed by atoms with Gasteiger partial charge in [0.1, 0.15) is 6.04 Å². The van der Waals surface area contributed by atoms with Gasteiger partial charge in [0.25, 0.3) is 5.91 Å². The highest BCUT2D eigenvalue weighted by Crippen LogP contribution is 2.26. The van der Waals surface area contributed by atoms with E-state index in [1.807, 2.05) is 17.0 Å². The quantitative estimate of drug-likeness (QED) is 0.643. The molecule has 0 bridgehead atoms. The van der Waals surface area contributed by atoms with Gasteiger partial charge in [-0.15, -0.1) is 0 Å². The molecule has 1 amide bonds. The summed E-state index contributed by atoms with van der Waals surface area (Å²) in [6, 6.07) is 10.0. The van der Waals surface area contributed by atoms with Crippen molar-refractivity contribution in [3.63, 3.8) is 0 Å². The van der Waals surface area contributed by atoms with Gasteiger partial charge in [-0.25, -0.2) is 4.79 Å². The van der Waals surface area contributed by atoms with E-state index in [2.05, 4.69) is 15.9 Å². The maximum atomic E-state index is 12.6. The molecule has 3 rings (SSSR count). The largest absolute Gasteiger partial charge is 0.465 e. The van der Waals surface area contributed by atoms with Crippen LogP contribution in [0.2, 0.25) is 5.02 Å². The SMILES string of the molecule is CCOC(=O)[C@@H](c1ccc(Cl)cc1)N1CCN(C(=O)c2ccc(Br)o2)CC1. The number of carbonyl (C=O) groups is 2. The summed E-state index contributed by atoms with van der Waals surface area (Å²) in [5.41, 5.74) is 0.826. The molecule has 2 heterocycles. The third-order valence-electron chi connectivity index (χ3n) is 4.45. The van der Waals surface area contributed by atoms with Gasteiger partial charge in [0, 0.05) is 31.2 Å². The fourth-order valence-electron chi connectivity index (χ4n) is 3.13. The zero-order valence-corrected chi connectivity index (χ0v) is 17.2. The Labute approximate surface area is 171 Å². The second-order valence-corrected chi connectivity index (χ2v) is 7.36. The van der Waals surface area contributed by atoms with Crippen LogP contribution in [0.4, 0.5) is 0 Å². The molecule has 2 aromatic rings. The van der Waals surface area contributed by atoms with Crippen molar-refractivity contribution >= 4 is 39.4 Å². The maximum Gasteiger partial charge on any atom is 0.328 e. The summed E-state index contributed by atoms with van der Waals surface area (Å²) >= 11 is 9.18. The molecule has 0 saturated carbocycles. The van der Waals surface area contributed by atoms with E-state index in [9.17, 15) is 9.59 Å². The smallest absolute Gasteiger partial charge is 0.328 e. The molecule has 1 aliphatic rings. The zero-order valence-electron chi connectivity index (χ0n) is 14.9. The van der Waals surface area contributed by atoms with Gasteiger partial charge < -0.3 is 14.1 Å². The Hall–Kier alpha value is -1.83. The Morgan fingerprint density at radius 3 is 2.37 bits per heavy atom. The average Bonchev–Trinajstić information content (AvgIpc) is 3.10. The van der Waals surface area contributed by atoms with E-state index >= 15 is 0 Å². The number of amides is 1. The van der Waals surface area contributed by atoms with Gasteiger partial charge in [-0.1, -0.05) is 23.7 Å². The van der Waals surface area contributed by atoms with Crippen molar-refractivity contribution in [2.45, 2.75) is 13.0 Å². The number of hydrogen-bond donors (Lipinski definition) is 0. The molecule has 0 radical (unpaired) electrons. The number of rotatable bonds is 5. The van der Waals surface area contributed by atoms with Crippen LogP contribution in [0.1, 0.15) is 29.1 Å². The molecule has 1 saturated heterocycles. The first-order valence-corrected chi connectivity index (χ1v) is 9.87. The summed E-state index contributed by atoms with van der Waals surface area (Å²) in [5, 5.41) is 0.612. The van der Waals surface area contributed by atoms with Gasteiger partial charge in [0.05, 0.1) is 6.61 Å². The summed E-state index contributed by atoms with van der Waals surface area (Å²) in [5.74, 6) is -0.149. The fourth-order valence-corrected chi connectivity index (χ4v) is 3.56. The van der Waals surface area contributed by atoms with Crippen molar-refractivity contribution in [2.24, 2.45) is 0 Å². The minimum Gasteiger partial charge on any atom is -0.465 e. The van der Waals surface area contributed by atoms with Crippen LogP contribution in [-0.4, -0.2) is 54.5 Å². The lowest BCUT2D eigenvalue weighted by atomic mass is 10.0. The van der Waals surface area contributed by atoms with Crippen molar-refractivity contribution in [3.8, 4) is 0 Å². The molecule has 1 fully saturated rings. The molecule has 0 spiro atoms. The Morgan fingerprint density at radius 2 is 1.81 bits per heavy atom. The number of furan rings is 1. The van der Waals surface area contributed by atoms with Gasteiger partial charge >= 0.3 is 5.97 Å². The number of halogens is 2. The second-order valence-electron chi connectivity index (χ2n) is 6.14. The van der Waals surface area contributed by atoms with Gasteiger partial charge in [0.15, 0.2) is 10.4 Å². The third-order valence-corrected chi connectivity index (χ3v) is 5.12. The first kappa shape index (κ1) is 19.9. The zero-order chi connectivity index (χ0) is 19.4. The van der Waals surface area contributed by atoms with Crippen molar-refractivity contribution in [2.75, 3.05) is 32.8 Å². The summed E-state index contributed by atoms with van der Waals surface area (Å²) in [4.78, 5) is 28.8. The van der Waals surface area contributed by atoms with Crippen LogP contribution in [0.5, 0.6) is 0 Å². The lowest BCUT2D eigenvalue weighted by Gasteiger charge is -2.38. The Bertz CT molecular complexity index is 800. The van der Waals surface area contributed by atoms with Gasteiger partial charge in [-0.3, -0.25) is 9.69 Å². The van der Waals surface area contributed by atoms with E-state index < -0.39 is 6.04 Å². The van der Waals surface area contributed by atoms with E-state index in [1.54, 1.807) is 36.1 Å². The molecule has 27 heavy (non-hydrogen) atoms. The molecule has 8 heteroatoms. The topological polar surface area (TPSA) is 63.0 Å². The predicted molar refractivity (Wildman–Crippen MR) is 105 cm³/mol. The Kier molecular flexibility index (Phi) is 6.57. The third kappa shape index (κ3) is 4.72. The fraction of sp³-hybridized carbons (Fsp3) is 0.368. The van der Waals surface area contributed by atoms with Crippen LogP contribution < -0.4 is 0 Å². The van der Waals surface area contributed by atoms with Crippen LogP contribution in [0.25, 0.3) is 0 Å². The normalized spacial score (nSPS) is 16.2. The molecule has 1 aliphatic heterocycles. The summed E-state index contributed by atoms with van der Waals surface area (Å²) in [6.07, 6.45) is 0. The molecule has 1 atom stereocenters. The summed E-state index contributed by atoms with van der Waals surface area (Å²) < 4.78 is 11.1. The average molecular weight is 456 g/mol. The van der Waals surface area contributed by atoms with Gasteiger partial charge in [-0.05, 0) is 52.7 Å². The lowest BCUT2D eigenvalue weighted by molar-refractivity contribution is -0.150. The Morgan fingerprint density at radius 1 is 1.15 bits per heavy atom. The summed E-state index contributed by atoms with van der Waals surface area (Å²) in [7, 11) is 0. The first-order chi connectivity index (χ1) is 13.0. The highest BCUT2D eigenvalue weighted by Gasteiger charge is 2.33. The molecule has 0 N–H and O–H groups in total. The number of benzene rings is 1. The molecular weight excluding hydrogens is 436 g/mol. The molecule has 1 aromatic heterocycles. The second kappa shape index (κ2) is 8.91. The van der Waals surface area contributed by atoms with Crippen LogP contribution in [0.3, 0.4) is 0 Å². The number of nitrogens with zero attached hydrogens (tertiary/aromatic N) is 2. The van der Waals surface area contributed by atoms with Crippen LogP contribution in [0.15, 0.2) is 45.5 Å². The van der Waals surface area contributed by atoms with Crippen molar-refractivity contribution in [3.05, 3.63) is 57.4 Å². The number of esters is 1. The highest BCUT2D eigenvalue weighted by atomic mass is 79.9. The van der Waals surface area contributed by atoms with Crippen LogP contribution >= 0.6 is 27.5 Å². The van der Waals surface area contributed by atoms with Crippen LogP contribution in [-0.2, 0) is 9.53 Å². The first-order valence-electron chi connectivity index (χ1n) is 8.70. The molecule has 144 valence electrons. The monoisotopic (exact) mass is 454 g/mol. The molecule has 0 unspecified atom stereocenters. The maximum absolute atomic E-state index is 12.6. The molecular formula is C19H20BrClN2O4. The van der Waals surface area contributed by atoms with Gasteiger partial charge in [0.2, 0.25) is 0 Å². The molecule has 6 nitrogen and oxygen atoms in total. The van der Waals surface area contributed by atoms with E-state index in [-0.39, 0.29) is 11.9 Å². The standard InChI is InChI=1S/C19H20BrClN2O4/c1-2-26-19(25)17(13-3-5-14(21)6-4-13)22-9-11-23(12-10-22)18(24)15-7-8-16(20)27-15/h3-8,17H,2,9-12H2,1H3/t17-/m1/s1. The van der Waals surface area contributed by atoms with E-state index in [1.165, 1.54) is 0 Å². The lowest BCUT2D eigenvalue weighted by Crippen LogP contribution is -2.51. The summed E-state index contributed by atoms with van der Waals surface area (Å²) in [6.45, 7) is 4.21. The number of hydrogen-bond acceptors (Lipinski definition) is 5. The minimum atomic E-state index is -0.516. The van der Waals surface area contributed by atoms with E-state index in [0.29, 0.717) is 48.2 Å². The highest BCUT2D eigenvalue weighted by molar-refractivity contribution is 9.10. The van der Waals surface area contributed by atoms with Crippen molar-refractivity contribution in [1.29, 1.82) is 0 Å². The van der Waals surface area contributed by atoms with Crippen LogP contribution in [0, 0.1) is 0 Å². The number of ether oxygens (including phenoxy) is 1. The number of piperazine rings is 1. The Balaban J connectivity index is 1.71. The van der Waals surface area contributed by atoms with Crippen molar-refractivity contribution in [1.82, 2.24) is 9.80 Å². The molecule has 0 aliphatic carbocycles. The number of carbonyl (C=O) groups excluding carboxylic acids is 2. The molecule has 1 aromatic carbocycles. The van der Waals surface area contributed by atoms with E-state index in [0.717, 1.165) is 5.56 Å². The van der Waals surface area contributed by atoms with Gasteiger partial charge in [-0.2, -0.15) is 0 Å². The minimum absolute atomic E-state index is 0.153. The predicted octanol–water partition coefficient (Wildman–Crippen LogP) is 3.76.